The molecule has 8 heteroatoms. The number of benzene rings is 2. The number of rotatable bonds is 36. The lowest BCUT2D eigenvalue weighted by molar-refractivity contribution is -0.146. The van der Waals surface area contributed by atoms with E-state index in [1.54, 1.807) is 11.8 Å². The van der Waals surface area contributed by atoms with Gasteiger partial charge in [0.2, 0.25) is 0 Å². The Bertz CT molecular complexity index is 1530. The molecule has 0 saturated heterocycles. The van der Waals surface area contributed by atoms with Crippen LogP contribution in [0, 0.1) is 13.8 Å². The van der Waals surface area contributed by atoms with Gasteiger partial charge in [-0.3, -0.25) is 9.59 Å². The van der Waals surface area contributed by atoms with E-state index in [2.05, 4.69) is 80.2 Å². The molecule has 0 aromatic heterocycles. The Morgan fingerprint density at radius 1 is 0.552 bits per heavy atom. The third kappa shape index (κ3) is 30.1. The van der Waals surface area contributed by atoms with Gasteiger partial charge in [-0.1, -0.05) is 228 Å². The number of carbonyl (C=O) groups is 2. The van der Waals surface area contributed by atoms with Crippen LogP contribution in [0.15, 0.2) is 24.3 Å². The van der Waals surface area contributed by atoms with Gasteiger partial charge in [-0.15, -0.1) is 11.8 Å². The van der Waals surface area contributed by atoms with Crippen LogP contribution in [0.1, 0.15) is 275 Å². The number of esters is 2. The molecule has 2 N–H and O–H groups in total. The summed E-state index contributed by atoms with van der Waals surface area (Å²) in [5.74, 6) is 1.51. The molecule has 0 heterocycles. The average Bonchev–Trinajstić information content (AvgIpc) is 3.27. The Morgan fingerprint density at radius 2 is 0.925 bits per heavy atom. The lowest BCUT2D eigenvalue weighted by Gasteiger charge is -2.28. The van der Waals surface area contributed by atoms with E-state index < -0.39 is 0 Å². The number of hydrogen-bond acceptors (Lipinski definition) is 8. The molecule has 0 amide bonds. The largest absolute Gasteiger partial charge is 0.507 e. The molecule has 6 nitrogen and oxygen atoms in total. The molecule has 0 fully saturated rings. The molecule has 1 unspecified atom stereocenters. The lowest BCUT2D eigenvalue weighted by Crippen LogP contribution is -2.18. The Morgan fingerprint density at radius 3 is 1.30 bits per heavy atom. The maximum atomic E-state index is 12.1. The van der Waals surface area contributed by atoms with Crippen molar-refractivity contribution in [2.75, 3.05) is 18.1 Å². The van der Waals surface area contributed by atoms with Crippen molar-refractivity contribution in [1.29, 1.82) is 0 Å². The van der Waals surface area contributed by atoms with Gasteiger partial charge in [0.25, 0.3) is 0 Å². The first-order valence-corrected chi connectivity index (χ1v) is 29.0. The van der Waals surface area contributed by atoms with Crippen molar-refractivity contribution >= 4 is 36.3 Å². The molecule has 0 bridgehead atoms. The SMILES string of the molecule is CCCCCCCCCCCCCCCCCCC(OC(=O)CS)c1cc(C)c(O)c(C)c1.CCCCCCCCCCCCCOC(=O)CSCc1cc(C(C)(C)C)c(O)c(C(C)(C)C)c1. The van der Waals surface area contributed by atoms with Crippen molar-refractivity contribution in [2.45, 2.75) is 272 Å². The monoisotopic (exact) mass is 971 g/mol. The third-order valence-electron chi connectivity index (χ3n) is 12.9. The van der Waals surface area contributed by atoms with Crippen LogP contribution >= 0.6 is 24.4 Å². The summed E-state index contributed by atoms with van der Waals surface area (Å²) in [7, 11) is 0. The highest BCUT2D eigenvalue weighted by Gasteiger charge is 2.26. The average molecular weight is 972 g/mol. The normalized spacial score (nSPS) is 12.2. The summed E-state index contributed by atoms with van der Waals surface area (Å²) in [6.07, 6.45) is 36.4. The second-order valence-corrected chi connectivity index (χ2v) is 22.8. The first-order chi connectivity index (χ1) is 32.0. The van der Waals surface area contributed by atoms with Crippen LogP contribution in [0.3, 0.4) is 0 Å². The van der Waals surface area contributed by atoms with E-state index in [0.717, 1.165) is 64.8 Å². The number of thiol groups is 1. The first kappa shape index (κ1) is 62.7. The number of aryl methyl sites for hydroxylation is 2. The van der Waals surface area contributed by atoms with Gasteiger partial charge in [-0.2, -0.15) is 12.6 Å². The van der Waals surface area contributed by atoms with Crippen LogP contribution in [0.4, 0.5) is 0 Å². The van der Waals surface area contributed by atoms with Gasteiger partial charge in [0.05, 0.1) is 18.1 Å². The van der Waals surface area contributed by atoms with E-state index in [4.69, 9.17) is 9.47 Å². The van der Waals surface area contributed by atoms with Crippen molar-refractivity contribution in [3.8, 4) is 11.5 Å². The van der Waals surface area contributed by atoms with Crippen LogP contribution < -0.4 is 0 Å². The van der Waals surface area contributed by atoms with Gasteiger partial charge in [0, 0.05) is 5.75 Å². The quantitative estimate of drug-likeness (QED) is 0.0356. The van der Waals surface area contributed by atoms with Crippen molar-refractivity contribution in [1.82, 2.24) is 0 Å². The van der Waals surface area contributed by atoms with Crippen molar-refractivity contribution < 1.29 is 29.3 Å². The molecular weight excluding hydrogens is 869 g/mol. The number of ether oxygens (including phenoxy) is 2. The van der Waals surface area contributed by atoms with Gasteiger partial charge < -0.3 is 19.7 Å². The van der Waals surface area contributed by atoms with Crippen molar-refractivity contribution in [2.24, 2.45) is 0 Å². The molecule has 386 valence electrons. The summed E-state index contributed by atoms with van der Waals surface area (Å²) >= 11 is 5.64. The predicted molar refractivity (Wildman–Crippen MR) is 294 cm³/mol. The van der Waals surface area contributed by atoms with Gasteiger partial charge in [-0.25, -0.2) is 0 Å². The molecule has 0 radical (unpaired) electrons. The molecule has 1 atom stereocenters. The lowest BCUT2D eigenvalue weighted by atomic mass is 9.78. The minimum absolute atomic E-state index is 0.0888. The van der Waals surface area contributed by atoms with Gasteiger partial charge in [0.1, 0.15) is 17.6 Å². The number of carbonyl (C=O) groups excluding carboxylic acids is 2. The molecule has 0 saturated carbocycles. The Kier molecular flexibility index (Phi) is 35.1. The Labute approximate surface area is 422 Å². The molecule has 0 spiro atoms. The minimum Gasteiger partial charge on any atom is -0.507 e. The number of aromatic hydroxyl groups is 2. The standard InChI is InChI=1S/C30H52O3S.C29H50O3S/c1-8-9-10-11-12-13-14-15-16-17-18-19-33-27(31)23-34-22-24-20-25(29(2,3)4)28(32)26(21-24)30(5,6)7;1-4-5-6-7-8-9-10-11-12-13-14-15-16-17-18-19-20-27(32-28(30)23-33)26-21-24(2)29(31)25(3)22-26/h20-21,32H,8-19,22-23H2,1-7H3;21-22,27,31,33H,4-20,23H2,1-3H3. The molecular formula is C59H102O6S2. The summed E-state index contributed by atoms with van der Waals surface area (Å²) in [5, 5.41) is 20.9. The summed E-state index contributed by atoms with van der Waals surface area (Å²) in [6.45, 7) is 21.6. The molecule has 2 aromatic rings. The Balaban J connectivity index is 0.000000670. The second-order valence-electron chi connectivity index (χ2n) is 21.5. The number of unbranched alkanes of at least 4 members (excludes halogenated alkanes) is 25. The zero-order chi connectivity index (χ0) is 49.9. The number of phenols is 2. The maximum absolute atomic E-state index is 12.1. The minimum atomic E-state index is -0.289. The molecule has 0 aliphatic carbocycles. The highest BCUT2D eigenvalue weighted by atomic mass is 32.2. The molecule has 2 aromatic carbocycles. The smallest absolute Gasteiger partial charge is 0.316 e. The predicted octanol–water partition coefficient (Wildman–Crippen LogP) is 18.2. The third-order valence-corrected chi connectivity index (χ3v) is 14.1. The van der Waals surface area contributed by atoms with Gasteiger partial charge >= 0.3 is 11.9 Å². The fourth-order valence-electron chi connectivity index (χ4n) is 8.71. The number of phenolic OH excluding ortho intramolecular Hbond substituents is 2. The van der Waals surface area contributed by atoms with Crippen LogP contribution in [0.25, 0.3) is 0 Å². The number of hydrogen-bond donors (Lipinski definition) is 3. The van der Waals surface area contributed by atoms with Crippen LogP contribution in [-0.4, -0.2) is 40.3 Å². The molecule has 0 aliphatic heterocycles. The van der Waals surface area contributed by atoms with Crippen LogP contribution in [-0.2, 0) is 35.6 Å². The highest BCUT2D eigenvalue weighted by molar-refractivity contribution is 7.99. The van der Waals surface area contributed by atoms with Crippen LogP contribution in [0.5, 0.6) is 11.5 Å². The fraction of sp³-hybridized carbons (Fsp3) is 0.763. The molecule has 67 heavy (non-hydrogen) atoms. The first-order valence-electron chi connectivity index (χ1n) is 27.2. The van der Waals surface area contributed by atoms with Crippen LogP contribution in [0.2, 0.25) is 0 Å². The van der Waals surface area contributed by atoms with E-state index in [1.165, 1.54) is 154 Å². The van der Waals surface area contributed by atoms with Crippen molar-refractivity contribution in [3.63, 3.8) is 0 Å². The molecule has 0 aliphatic rings. The number of thioether (sulfide) groups is 1. The summed E-state index contributed by atoms with van der Waals surface area (Å²) < 4.78 is 11.1. The van der Waals surface area contributed by atoms with Gasteiger partial charge in [0.15, 0.2) is 0 Å². The second kappa shape index (κ2) is 37.5. The van der Waals surface area contributed by atoms with E-state index in [1.807, 2.05) is 26.0 Å². The molecule has 2 rings (SSSR count). The van der Waals surface area contributed by atoms with Gasteiger partial charge in [-0.05, 0) is 89.5 Å². The van der Waals surface area contributed by atoms with E-state index >= 15 is 0 Å². The summed E-state index contributed by atoms with van der Waals surface area (Å²) in [5.41, 5.74) is 5.42. The summed E-state index contributed by atoms with van der Waals surface area (Å²) in [4.78, 5) is 24.0. The highest BCUT2D eigenvalue weighted by Crippen LogP contribution is 2.40. The van der Waals surface area contributed by atoms with E-state index in [-0.39, 0.29) is 34.6 Å². The van der Waals surface area contributed by atoms with E-state index in [9.17, 15) is 19.8 Å². The summed E-state index contributed by atoms with van der Waals surface area (Å²) in [6, 6.07) is 8.05. The topological polar surface area (TPSA) is 93.1 Å². The zero-order valence-electron chi connectivity index (χ0n) is 44.9. The maximum Gasteiger partial charge on any atom is 0.316 e. The van der Waals surface area contributed by atoms with E-state index in [0.29, 0.717) is 23.9 Å². The zero-order valence-corrected chi connectivity index (χ0v) is 46.6. The fourth-order valence-corrected chi connectivity index (χ4v) is 9.54. The van der Waals surface area contributed by atoms with Crippen molar-refractivity contribution in [3.05, 3.63) is 57.6 Å². The Hall–Kier alpha value is -2.32.